The number of piperidine rings is 2. The van der Waals surface area contributed by atoms with Crippen molar-refractivity contribution < 1.29 is 22.8 Å². The molecule has 0 spiro atoms. The van der Waals surface area contributed by atoms with Gasteiger partial charge in [-0.3, -0.25) is 14.3 Å². The first-order valence-corrected chi connectivity index (χ1v) is 9.41. The van der Waals surface area contributed by atoms with Crippen LogP contribution in [0.2, 0.25) is 0 Å². The molecule has 2 fully saturated rings. The summed E-state index contributed by atoms with van der Waals surface area (Å²) >= 11 is 0. The number of rotatable bonds is 3. The highest BCUT2D eigenvalue weighted by molar-refractivity contribution is 5.80. The molecule has 0 N–H and O–H groups in total. The van der Waals surface area contributed by atoms with Crippen molar-refractivity contribution in [1.29, 1.82) is 0 Å². The van der Waals surface area contributed by atoms with Crippen molar-refractivity contribution in [3.8, 4) is 0 Å². The molecular weight excluding hydrogens is 361 g/mol. The maximum atomic E-state index is 12.7. The van der Waals surface area contributed by atoms with E-state index in [2.05, 4.69) is 12.0 Å². The summed E-state index contributed by atoms with van der Waals surface area (Å²) in [5, 5.41) is 3.41. The molecule has 2 aliphatic rings. The van der Waals surface area contributed by atoms with Crippen LogP contribution in [0.4, 0.5) is 13.2 Å². The second-order valence-corrected chi connectivity index (χ2v) is 7.58. The predicted octanol–water partition coefficient (Wildman–Crippen LogP) is 2.40. The Morgan fingerprint density at radius 1 is 1.15 bits per heavy atom. The minimum absolute atomic E-state index is 0.0686. The normalized spacial score (nSPS) is 22.1. The average molecular weight is 386 g/mol. The molecule has 3 heterocycles. The zero-order valence-corrected chi connectivity index (χ0v) is 15.4. The van der Waals surface area contributed by atoms with Crippen LogP contribution in [0, 0.1) is 11.8 Å². The molecule has 150 valence electrons. The first-order valence-electron chi connectivity index (χ1n) is 9.41. The van der Waals surface area contributed by atoms with Gasteiger partial charge in [0.05, 0.1) is 0 Å². The van der Waals surface area contributed by atoms with Crippen LogP contribution in [0.15, 0.2) is 12.3 Å². The maximum Gasteiger partial charge on any atom is 0.435 e. The zero-order chi connectivity index (χ0) is 19.6. The SMILES string of the molecule is CC1CCCN(C(=O)C2CCN(C(=O)Cn3ccc(C(F)(F)F)n3)CC2)C1. The van der Waals surface area contributed by atoms with Crippen molar-refractivity contribution in [3.63, 3.8) is 0 Å². The summed E-state index contributed by atoms with van der Waals surface area (Å²) in [6, 6.07) is 0.859. The van der Waals surface area contributed by atoms with Crippen molar-refractivity contribution in [2.24, 2.45) is 11.8 Å². The van der Waals surface area contributed by atoms with Gasteiger partial charge < -0.3 is 9.80 Å². The molecule has 0 bridgehead atoms. The topological polar surface area (TPSA) is 58.4 Å². The number of hydrogen-bond donors (Lipinski definition) is 0. The first-order chi connectivity index (χ1) is 12.7. The largest absolute Gasteiger partial charge is 0.435 e. The highest BCUT2D eigenvalue weighted by Gasteiger charge is 2.34. The molecule has 9 heteroatoms. The second-order valence-electron chi connectivity index (χ2n) is 7.58. The highest BCUT2D eigenvalue weighted by Crippen LogP contribution is 2.27. The van der Waals surface area contributed by atoms with Gasteiger partial charge in [-0.05, 0) is 37.7 Å². The number of carbonyl (C=O) groups is 2. The quantitative estimate of drug-likeness (QED) is 0.802. The number of likely N-dealkylation sites (tertiary alicyclic amines) is 2. The van der Waals surface area contributed by atoms with E-state index in [9.17, 15) is 22.8 Å². The molecule has 27 heavy (non-hydrogen) atoms. The molecule has 2 aliphatic heterocycles. The van der Waals surface area contributed by atoms with E-state index in [4.69, 9.17) is 0 Å². The summed E-state index contributed by atoms with van der Waals surface area (Å²) in [4.78, 5) is 28.6. The summed E-state index contributed by atoms with van der Waals surface area (Å²) in [6.07, 6.45) is 0.0342. The minimum Gasteiger partial charge on any atom is -0.342 e. The van der Waals surface area contributed by atoms with E-state index in [-0.39, 0.29) is 24.3 Å². The Kier molecular flexibility index (Phi) is 5.76. The summed E-state index contributed by atoms with van der Waals surface area (Å²) in [6.45, 7) is 4.44. The van der Waals surface area contributed by atoms with E-state index >= 15 is 0 Å². The van der Waals surface area contributed by atoms with E-state index in [1.54, 1.807) is 4.90 Å². The van der Waals surface area contributed by atoms with Gasteiger partial charge in [0, 0.05) is 38.3 Å². The van der Waals surface area contributed by atoms with Gasteiger partial charge in [-0.25, -0.2) is 0 Å². The minimum atomic E-state index is -4.51. The molecule has 1 unspecified atom stereocenters. The first kappa shape index (κ1) is 19.7. The van der Waals surface area contributed by atoms with Gasteiger partial charge in [0.1, 0.15) is 6.54 Å². The molecule has 2 saturated heterocycles. The molecular formula is C18H25F3N4O2. The molecule has 2 amide bonds. The van der Waals surface area contributed by atoms with E-state index in [1.807, 2.05) is 4.90 Å². The number of hydrogen-bond acceptors (Lipinski definition) is 3. The number of amides is 2. The van der Waals surface area contributed by atoms with Crippen molar-refractivity contribution in [2.75, 3.05) is 26.2 Å². The number of halogens is 3. The molecule has 1 aromatic heterocycles. The number of nitrogens with zero attached hydrogens (tertiary/aromatic N) is 4. The van der Waals surface area contributed by atoms with Crippen LogP contribution < -0.4 is 0 Å². The number of aromatic nitrogens is 2. The van der Waals surface area contributed by atoms with E-state index in [0.717, 1.165) is 42.9 Å². The summed E-state index contributed by atoms with van der Waals surface area (Å²) in [5.41, 5.74) is -1.00. The van der Waals surface area contributed by atoms with Crippen LogP contribution in [0.1, 0.15) is 38.3 Å². The van der Waals surface area contributed by atoms with Gasteiger partial charge in [-0.15, -0.1) is 0 Å². The molecule has 1 atom stereocenters. The average Bonchev–Trinajstić information content (AvgIpc) is 3.10. The Hall–Kier alpha value is -2.06. The van der Waals surface area contributed by atoms with Crippen LogP contribution >= 0.6 is 0 Å². The molecule has 1 aromatic rings. The Bertz CT molecular complexity index is 680. The van der Waals surface area contributed by atoms with Gasteiger partial charge in [-0.2, -0.15) is 18.3 Å². The lowest BCUT2D eigenvalue weighted by atomic mass is 9.92. The molecule has 0 aliphatic carbocycles. The van der Waals surface area contributed by atoms with Crippen LogP contribution in [0.25, 0.3) is 0 Å². The molecule has 3 rings (SSSR count). The lowest BCUT2D eigenvalue weighted by Crippen LogP contribution is -2.47. The number of carbonyl (C=O) groups excluding carboxylic acids is 2. The van der Waals surface area contributed by atoms with Crippen LogP contribution in [-0.4, -0.2) is 57.6 Å². The van der Waals surface area contributed by atoms with Gasteiger partial charge in [0.15, 0.2) is 5.69 Å². The second kappa shape index (κ2) is 7.90. The Morgan fingerprint density at radius 3 is 2.44 bits per heavy atom. The summed E-state index contributed by atoms with van der Waals surface area (Å²) in [5.74, 6) is 0.362. The third-order valence-corrected chi connectivity index (χ3v) is 5.39. The molecule has 6 nitrogen and oxygen atoms in total. The van der Waals surface area contributed by atoms with Gasteiger partial charge >= 0.3 is 6.18 Å². The van der Waals surface area contributed by atoms with Crippen molar-refractivity contribution in [3.05, 3.63) is 18.0 Å². The van der Waals surface area contributed by atoms with Gasteiger partial charge in [-0.1, -0.05) is 6.92 Å². The predicted molar refractivity (Wildman–Crippen MR) is 91.5 cm³/mol. The fourth-order valence-electron chi connectivity index (χ4n) is 3.86. The molecule has 0 saturated carbocycles. The number of alkyl halides is 3. The summed E-state index contributed by atoms with van der Waals surface area (Å²) < 4.78 is 38.8. The van der Waals surface area contributed by atoms with Crippen LogP contribution in [0.5, 0.6) is 0 Å². The maximum absolute atomic E-state index is 12.7. The Labute approximate surface area is 156 Å². The highest BCUT2D eigenvalue weighted by atomic mass is 19.4. The monoisotopic (exact) mass is 386 g/mol. The molecule has 0 aromatic carbocycles. The third kappa shape index (κ3) is 4.81. The smallest absolute Gasteiger partial charge is 0.342 e. The molecule has 0 radical (unpaired) electrons. The standard InChI is InChI=1S/C18H25F3N4O2/c1-13-3-2-7-24(11-13)17(27)14-4-8-23(9-5-14)16(26)12-25-10-6-15(22-25)18(19,20)21/h6,10,13-14H,2-5,7-9,11-12H2,1H3. The van der Waals surface area contributed by atoms with Gasteiger partial charge in [0.2, 0.25) is 11.8 Å². The lowest BCUT2D eigenvalue weighted by molar-refractivity contribution is -0.143. The van der Waals surface area contributed by atoms with Crippen LogP contribution in [0.3, 0.4) is 0 Å². The van der Waals surface area contributed by atoms with Crippen LogP contribution in [-0.2, 0) is 22.3 Å². The fraction of sp³-hybridized carbons (Fsp3) is 0.722. The van der Waals surface area contributed by atoms with E-state index in [0.29, 0.717) is 31.8 Å². The van der Waals surface area contributed by atoms with Crippen molar-refractivity contribution in [2.45, 2.75) is 45.3 Å². The Morgan fingerprint density at radius 2 is 1.85 bits per heavy atom. The Balaban J connectivity index is 1.49. The van der Waals surface area contributed by atoms with E-state index < -0.39 is 11.9 Å². The van der Waals surface area contributed by atoms with Crippen molar-refractivity contribution in [1.82, 2.24) is 19.6 Å². The zero-order valence-electron chi connectivity index (χ0n) is 15.4. The lowest BCUT2D eigenvalue weighted by Gasteiger charge is -2.37. The van der Waals surface area contributed by atoms with Crippen molar-refractivity contribution >= 4 is 11.8 Å². The third-order valence-electron chi connectivity index (χ3n) is 5.39. The fourth-order valence-corrected chi connectivity index (χ4v) is 3.86. The summed E-state index contributed by atoms with van der Waals surface area (Å²) in [7, 11) is 0. The van der Waals surface area contributed by atoms with Gasteiger partial charge in [0.25, 0.3) is 0 Å². The van der Waals surface area contributed by atoms with E-state index in [1.165, 1.54) is 0 Å².